The number of carbonyl (C=O) groups is 1. The van der Waals surface area contributed by atoms with Crippen molar-refractivity contribution in [3.8, 4) is 0 Å². The SMILES string of the molecule is CCCCCCCCCCCCCCCCCC/C=C/CC/C=C/C(O)C(COP(=O)([O-])OCC[N+](C)(C)C)NC(=O)CCCCCCCCCCCCCCCCCCCC. The van der Waals surface area contributed by atoms with Gasteiger partial charge in [-0.05, 0) is 32.1 Å². The molecule has 1 amide bonds. The first kappa shape index (κ1) is 61.0. The maximum atomic E-state index is 12.9. The van der Waals surface area contributed by atoms with Crippen molar-refractivity contribution in [2.24, 2.45) is 0 Å². The van der Waals surface area contributed by atoms with Crippen LogP contribution in [0.1, 0.15) is 258 Å². The molecule has 0 radical (unpaired) electrons. The summed E-state index contributed by atoms with van der Waals surface area (Å²) in [6, 6.07) is -0.899. The van der Waals surface area contributed by atoms with Crippen LogP contribution in [0, 0.1) is 0 Å². The van der Waals surface area contributed by atoms with Crippen LogP contribution in [0.3, 0.4) is 0 Å². The van der Waals surface area contributed by atoms with E-state index in [1.807, 2.05) is 27.2 Å². The minimum Gasteiger partial charge on any atom is -0.756 e. The third-order valence-corrected chi connectivity index (χ3v) is 13.1. The number of rotatable bonds is 49. The Kier molecular flexibility index (Phi) is 44.4. The summed E-state index contributed by atoms with van der Waals surface area (Å²) in [7, 11) is 1.25. The first-order valence-corrected chi connectivity index (χ1v) is 28.2. The average Bonchev–Trinajstić information content (AvgIpc) is 3.23. The van der Waals surface area contributed by atoms with Crippen molar-refractivity contribution >= 4 is 13.7 Å². The van der Waals surface area contributed by atoms with E-state index in [1.165, 1.54) is 199 Å². The highest BCUT2D eigenvalue weighted by molar-refractivity contribution is 7.45. The highest BCUT2D eigenvalue weighted by Gasteiger charge is 2.23. The number of quaternary nitrogens is 1. The Morgan fingerprint density at radius 1 is 0.548 bits per heavy atom. The predicted octanol–water partition coefficient (Wildman–Crippen LogP) is 15.0. The number of unbranched alkanes of at least 4 members (excludes halogenated alkanes) is 34. The molecule has 8 nitrogen and oxygen atoms in total. The number of hydrogen-bond donors (Lipinski definition) is 2. The summed E-state index contributed by atoms with van der Waals surface area (Å²) in [6.07, 6.45) is 55.3. The van der Waals surface area contributed by atoms with Gasteiger partial charge in [-0.25, -0.2) is 0 Å². The number of allylic oxidation sites excluding steroid dienone is 3. The van der Waals surface area contributed by atoms with Gasteiger partial charge in [0.15, 0.2) is 0 Å². The number of hydrogen-bond acceptors (Lipinski definition) is 6. The van der Waals surface area contributed by atoms with Gasteiger partial charge in [0.25, 0.3) is 7.82 Å². The van der Waals surface area contributed by atoms with Crippen molar-refractivity contribution in [1.82, 2.24) is 5.32 Å². The monoisotopic (exact) mass is 897 g/mol. The molecule has 0 saturated carbocycles. The van der Waals surface area contributed by atoms with Gasteiger partial charge in [0.2, 0.25) is 5.91 Å². The molecule has 0 aliphatic heterocycles. The van der Waals surface area contributed by atoms with Gasteiger partial charge >= 0.3 is 0 Å². The largest absolute Gasteiger partial charge is 0.756 e. The first-order chi connectivity index (χ1) is 30.0. The van der Waals surface area contributed by atoms with Gasteiger partial charge < -0.3 is 28.8 Å². The van der Waals surface area contributed by atoms with E-state index in [4.69, 9.17) is 9.05 Å². The molecule has 2 N–H and O–H groups in total. The summed E-state index contributed by atoms with van der Waals surface area (Å²) in [4.78, 5) is 25.4. The van der Waals surface area contributed by atoms with Crippen molar-refractivity contribution in [1.29, 1.82) is 0 Å². The number of phosphoric ester groups is 1. The molecular weight excluding hydrogens is 792 g/mol. The molecule has 62 heavy (non-hydrogen) atoms. The molecule has 3 atom stereocenters. The topological polar surface area (TPSA) is 108 Å². The minimum absolute atomic E-state index is 0.00386. The molecule has 0 aromatic carbocycles. The van der Waals surface area contributed by atoms with E-state index < -0.39 is 20.0 Å². The zero-order valence-electron chi connectivity index (χ0n) is 41.8. The average molecular weight is 897 g/mol. The number of amides is 1. The van der Waals surface area contributed by atoms with Gasteiger partial charge in [-0.15, -0.1) is 0 Å². The summed E-state index contributed by atoms with van der Waals surface area (Å²) >= 11 is 0. The van der Waals surface area contributed by atoms with Crippen molar-refractivity contribution in [3.63, 3.8) is 0 Å². The van der Waals surface area contributed by atoms with E-state index in [1.54, 1.807) is 6.08 Å². The van der Waals surface area contributed by atoms with Crippen LogP contribution in [0.4, 0.5) is 0 Å². The van der Waals surface area contributed by atoms with Crippen LogP contribution in [-0.2, 0) is 18.4 Å². The smallest absolute Gasteiger partial charge is 0.268 e. The zero-order valence-corrected chi connectivity index (χ0v) is 42.7. The second kappa shape index (κ2) is 45.1. The predicted molar refractivity (Wildman–Crippen MR) is 265 cm³/mol. The zero-order chi connectivity index (χ0) is 45.7. The van der Waals surface area contributed by atoms with Gasteiger partial charge in [0.05, 0.1) is 39.9 Å². The summed E-state index contributed by atoms with van der Waals surface area (Å²) in [5, 5.41) is 13.8. The molecular formula is C53H105N2O6P. The molecule has 0 heterocycles. The number of likely N-dealkylation sites (N-methyl/N-ethyl adjacent to an activating group) is 1. The lowest BCUT2D eigenvalue weighted by molar-refractivity contribution is -0.870. The Morgan fingerprint density at radius 3 is 1.31 bits per heavy atom. The molecule has 0 rings (SSSR count). The first-order valence-electron chi connectivity index (χ1n) is 26.7. The van der Waals surface area contributed by atoms with Crippen molar-refractivity contribution in [2.75, 3.05) is 40.9 Å². The highest BCUT2D eigenvalue weighted by atomic mass is 31.2. The van der Waals surface area contributed by atoms with E-state index >= 15 is 0 Å². The van der Waals surface area contributed by atoms with E-state index in [2.05, 4.69) is 31.3 Å². The molecule has 9 heteroatoms. The molecule has 0 aromatic rings. The fourth-order valence-electron chi connectivity index (χ4n) is 7.94. The third kappa shape index (κ3) is 47.0. The molecule has 0 bridgehead atoms. The number of phosphoric acid groups is 1. The Labute approximate surface area is 385 Å². The lowest BCUT2D eigenvalue weighted by Crippen LogP contribution is -2.45. The molecule has 0 saturated heterocycles. The van der Waals surface area contributed by atoms with Crippen LogP contribution in [0.2, 0.25) is 0 Å². The lowest BCUT2D eigenvalue weighted by atomic mass is 10.0. The van der Waals surface area contributed by atoms with Crippen molar-refractivity contribution < 1.29 is 32.9 Å². The van der Waals surface area contributed by atoms with Gasteiger partial charge in [-0.1, -0.05) is 244 Å². The molecule has 3 unspecified atom stereocenters. The quantitative estimate of drug-likeness (QED) is 0.0273. The summed E-state index contributed by atoms with van der Waals surface area (Å²) in [5.41, 5.74) is 0. The maximum absolute atomic E-state index is 12.9. The summed E-state index contributed by atoms with van der Waals surface area (Å²) in [6.45, 7) is 4.66. The fraction of sp³-hybridized carbons (Fsp3) is 0.906. The fourth-order valence-corrected chi connectivity index (χ4v) is 8.66. The summed E-state index contributed by atoms with van der Waals surface area (Å²) < 4.78 is 23.3. The lowest BCUT2D eigenvalue weighted by Gasteiger charge is -2.29. The molecule has 0 fully saturated rings. The standard InChI is InChI=1S/C53H105N2O6P/c1-6-8-10-12-14-16-18-20-22-24-26-27-28-29-30-32-34-36-38-40-42-44-46-52(56)51(50-61-62(58,59)60-49-48-55(3,4)5)54-53(57)47-45-43-41-39-37-35-33-31-25-23-21-19-17-15-13-11-9-7-2/h36,38,44,46,51-52,56H,6-35,37,39-43,45,47-50H2,1-5H3,(H-,54,57,58,59)/b38-36+,46-44+. The van der Waals surface area contributed by atoms with Crippen LogP contribution in [-0.4, -0.2) is 68.5 Å². The van der Waals surface area contributed by atoms with Crippen molar-refractivity contribution in [2.45, 2.75) is 270 Å². The molecule has 0 aromatic heterocycles. The molecule has 0 aliphatic rings. The summed E-state index contributed by atoms with van der Waals surface area (Å²) in [5.74, 6) is -0.203. The van der Waals surface area contributed by atoms with E-state index in [0.29, 0.717) is 17.4 Å². The Hall–Kier alpha value is -1.02. The van der Waals surface area contributed by atoms with E-state index in [-0.39, 0.29) is 19.1 Å². The van der Waals surface area contributed by atoms with Gasteiger partial charge in [0.1, 0.15) is 13.2 Å². The van der Waals surface area contributed by atoms with Crippen molar-refractivity contribution in [3.05, 3.63) is 24.3 Å². The van der Waals surface area contributed by atoms with Crippen LogP contribution >= 0.6 is 7.82 Å². The molecule has 368 valence electrons. The normalized spacial score (nSPS) is 14.2. The Bertz CT molecular complexity index is 1060. The van der Waals surface area contributed by atoms with Crippen LogP contribution in [0.5, 0.6) is 0 Å². The Morgan fingerprint density at radius 2 is 0.903 bits per heavy atom. The second-order valence-corrected chi connectivity index (χ2v) is 21.0. The van der Waals surface area contributed by atoms with Crippen LogP contribution < -0.4 is 10.2 Å². The maximum Gasteiger partial charge on any atom is 0.268 e. The Balaban J connectivity index is 4.30. The highest BCUT2D eigenvalue weighted by Crippen LogP contribution is 2.38. The van der Waals surface area contributed by atoms with Crippen LogP contribution in [0.25, 0.3) is 0 Å². The van der Waals surface area contributed by atoms with Gasteiger partial charge in [-0.2, -0.15) is 0 Å². The third-order valence-electron chi connectivity index (χ3n) is 12.2. The number of carbonyl (C=O) groups excluding carboxylic acids is 1. The minimum atomic E-state index is -4.60. The number of aliphatic hydroxyl groups excluding tert-OH is 1. The number of nitrogens with zero attached hydrogens (tertiary/aromatic N) is 1. The molecule has 0 spiro atoms. The number of aliphatic hydroxyl groups is 1. The van der Waals surface area contributed by atoms with Crippen LogP contribution in [0.15, 0.2) is 24.3 Å². The second-order valence-electron chi connectivity index (χ2n) is 19.6. The van der Waals surface area contributed by atoms with E-state index in [9.17, 15) is 19.4 Å². The molecule has 0 aliphatic carbocycles. The van der Waals surface area contributed by atoms with Gasteiger partial charge in [-0.3, -0.25) is 9.36 Å². The number of nitrogens with one attached hydrogen (secondary N) is 1. The van der Waals surface area contributed by atoms with Gasteiger partial charge in [0, 0.05) is 6.42 Å². The van der Waals surface area contributed by atoms with E-state index in [0.717, 1.165) is 38.5 Å².